The zero-order valence-electron chi connectivity index (χ0n) is 13.9. The standard InChI is InChI=1S/C16H32N2O3/c1-4-7-17-12-16(5-8-21-9-6-16)13-18-10-14(19-2)15(11-18)20-3/h14-15,17H,4-13H2,1-3H3. The third-order valence-electron chi connectivity index (χ3n) is 4.94. The molecule has 0 radical (unpaired) electrons. The van der Waals surface area contributed by atoms with Crippen LogP contribution in [0, 0.1) is 5.41 Å². The van der Waals surface area contributed by atoms with Gasteiger partial charge in [-0.05, 0) is 31.2 Å². The van der Waals surface area contributed by atoms with E-state index >= 15 is 0 Å². The number of ether oxygens (including phenoxy) is 3. The summed E-state index contributed by atoms with van der Waals surface area (Å²) in [6.45, 7) is 9.27. The van der Waals surface area contributed by atoms with Crippen molar-refractivity contribution in [1.82, 2.24) is 10.2 Å². The van der Waals surface area contributed by atoms with Crippen molar-refractivity contribution in [2.75, 3.05) is 60.2 Å². The number of nitrogens with zero attached hydrogens (tertiary/aromatic N) is 1. The van der Waals surface area contributed by atoms with E-state index in [2.05, 4.69) is 17.1 Å². The highest BCUT2D eigenvalue weighted by Crippen LogP contribution is 2.32. The maximum absolute atomic E-state index is 5.58. The molecule has 21 heavy (non-hydrogen) atoms. The Kier molecular flexibility index (Phi) is 6.89. The summed E-state index contributed by atoms with van der Waals surface area (Å²) in [5, 5.41) is 3.63. The van der Waals surface area contributed by atoms with Crippen molar-refractivity contribution in [1.29, 1.82) is 0 Å². The monoisotopic (exact) mass is 300 g/mol. The minimum Gasteiger partial charge on any atom is -0.381 e. The van der Waals surface area contributed by atoms with Gasteiger partial charge in [-0.2, -0.15) is 0 Å². The average molecular weight is 300 g/mol. The van der Waals surface area contributed by atoms with E-state index in [-0.39, 0.29) is 12.2 Å². The summed E-state index contributed by atoms with van der Waals surface area (Å²) >= 11 is 0. The van der Waals surface area contributed by atoms with Crippen molar-refractivity contribution in [2.45, 2.75) is 38.4 Å². The lowest BCUT2D eigenvalue weighted by Gasteiger charge is -2.40. The number of hydrogen-bond donors (Lipinski definition) is 1. The molecule has 2 rings (SSSR count). The molecule has 0 saturated carbocycles. The third-order valence-corrected chi connectivity index (χ3v) is 4.94. The Morgan fingerprint density at radius 3 is 2.29 bits per heavy atom. The molecule has 2 fully saturated rings. The van der Waals surface area contributed by atoms with Gasteiger partial charge >= 0.3 is 0 Å². The summed E-state index contributed by atoms with van der Waals surface area (Å²) in [6.07, 6.45) is 3.89. The molecule has 2 unspecified atom stereocenters. The molecule has 124 valence electrons. The van der Waals surface area contributed by atoms with Gasteiger partial charge in [0.1, 0.15) is 0 Å². The maximum Gasteiger partial charge on any atom is 0.0971 e. The molecule has 2 heterocycles. The van der Waals surface area contributed by atoms with Crippen LogP contribution in [0.25, 0.3) is 0 Å². The molecule has 0 amide bonds. The minimum atomic E-state index is 0.204. The van der Waals surface area contributed by atoms with E-state index in [1.165, 1.54) is 6.42 Å². The fraction of sp³-hybridized carbons (Fsp3) is 1.00. The Morgan fingerprint density at radius 2 is 1.76 bits per heavy atom. The smallest absolute Gasteiger partial charge is 0.0971 e. The number of rotatable bonds is 8. The highest BCUT2D eigenvalue weighted by atomic mass is 16.5. The van der Waals surface area contributed by atoms with Gasteiger partial charge < -0.3 is 19.5 Å². The summed E-state index contributed by atoms with van der Waals surface area (Å²) in [7, 11) is 3.57. The third kappa shape index (κ3) is 4.63. The lowest BCUT2D eigenvalue weighted by Crippen LogP contribution is -2.47. The SMILES string of the molecule is CCCNCC1(CN2CC(OC)C(OC)C2)CCOCC1. The van der Waals surface area contributed by atoms with E-state index in [0.717, 1.165) is 58.8 Å². The van der Waals surface area contributed by atoms with Crippen molar-refractivity contribution in [3.63, 3.8) is 0 Å². The van der Waals surface area contributed by atoms with E-state index in [0.29, 0.717) is 5.41 Å². The summed E-state index contributed by atoms with van der Waals surface area (Å²) in [5.41, 5.74) is 0.342. The number of nitrogens with one attached hydrogen (secondary N) is 1. The summed E-state index contributed by atoms with van der Waals surface area (Å²) < 4.78 is 16.7. The fourth-order valence-electron chi connectivity index (χ4n) is 3.60. The van der Waals surface area contributed by atoms with Gasteiger partial charge in [0.05, 0.1) is 12.2 Å². The maximum atomic E-state index is 5.58. The molecule has 2 atom stereocenters. The predicted octanol–water partition coefficient (Wildman–Crippen LogP) is 1.13. The van der Waals surface area contributed by atoms with Crippen LogP contribution in [0.5, 0.6) is 0 Å². The van der Waals surface area contributed by atoms with Crippen LogP contribution in [-0.2, 0) is 14.2 Å². The van der Waals surface area contributed by atoms with Crippen LogP contribution in [0.15, 0.2) is 0 Å². The van der Waals surface area contributed by atoms with Crippen molar-refractivity contribution in [3.05, 3.63) is 0 Å². The Balaban J connectivity index is 1.92. The molecule has 0 bridgehead atoms. The van der Waals surface area contributed by atoms with Crippen LogP contribution in [0.4, 0.5) is 0 Å². The van der Waals surface area contributed by atoms with Gasteiger partial charge in [0.25, 0.3) is 0 Å². The number of likely N-dealkylation sites (tertiary alicyclic amines) is 1. The molecular weight excluding hydrogens is 268 g/mol. The molecular formula is C16H32N2O3. The second-order valence-corrected chi connectivity index (χ2v) is 6.53. The van der Waals surface area contributed by atoms with Gasteiger partial charge in [-0.1, -0.05) is 6.92 Å². The molecule has 0 spiro atoms. The first-order valence-corrected chi connectivity index (χ1v) is 8.29. The Morgan fingerprint density at radius 1 is 1.14 bits per heavy atom. The first-order chi connectivity index (χ1) is 10.2. The number of methoxy groups -OCH3 is 2. The number of hydrogen-bond acceptors (Lipinski definition) is 5. The van der Waals surface area contributed by atoms with Gasteiger partial charge in [0.15, 0.2) is 0 Å². The van der Waals surface area contributed by atoms with Crippen LogP contribution in [0.2, 0.25) is 0 Å². The van der Waals surface area contributed by atoms with Crippen molar-refractivity contribution < 1.29 is 14.2 Å². The largest absolute Gasteiger partial charge is 0.381 e. The molecule has 0 aromatic carbocycles. The van der Waals surface area contributed by atoms with E-state index < -0.39 is 0 Å². The van der Waals surface area contributed by atoms with Crippen LogP contribution in [0.3, 0.4) is 0 Å². The molecule has 1 N–H and O–H groups in total. The predicted molar refractivity (Wildman–Crippen MR) is 83.7 cm³/mol. The first-order valence-electron chi connectivity index (χ1n) is 8.29. The van der Waals surface area contributed by atoms with Gasteiger partial charge in [0, 0.05) is 53.6 Å². The zero-order valence-corrected chi connectivity index (χ0v) is 13.9. The Hall–Kier alpha value is -0.200. The Bertz CT molecular complexity index is 283. The molecule has 0 aliphatic carbocycles. The topological polar surface area (TPSA) is 43.0 Å². The van der Waals surface area contributed by atoms with Crippen molar-refractivity contribution in [2.24, 2.45) is 5.41 Å². The summed E-state index contributed by atoms with van der Waals surface area (Å²) in [4.78, 5) is 2.52. The first kappa shape index (κ1) is 17.2. The van der Waals surface area contributed by atoms with E-state index in [9.17, 15) is 0 Å². The molecule has 0 aromatic heterocycles. The van der Waals surface area contributed by atoms with Crippen LogP contribution in [0.1, 0.15) is 26.2 Å². The molecule has 5 nitrogen and oxygen atoms in total. The van der Waals surface area contributed by atoms with E-state index in [1.807, 2.05) is 0 Å². The van der Waals surface area contributed by atoms with Crippen LogP contribution in [-0.4, -0.2) is 77.3 Å². The molecule has 2 aliphatic rings. The summed E-state index contributed by atoms with van der Waals surface area (Å²) in [5.74, 6) is 0. The molecule has 5 heteroatoms. The quantitative estimate of drug-likeness (QED) is 0.681. The van der Waals surface area contributed by atoms with E-state index in [4.69, 9.17) is 14.2 Å². The van der Waals surface area contributed by atoms with Crippen LogP contribution >= 0.6 is 0 Å². The van der Waals surface area contributed by atoms with E-state index in [1.54, 1.807) is 14.2 Å². The van der Waals surface area contributed by atoms with Crippen LogP contribution < -0.4 is 5.32 Å². The highest BCUT2D eigenvalue weighted by molar-refractivity contribution is 4.93. The van der Waals surface area contributed by atoms with Crippen molar-refractivity contribution in [3.8, 4) is 0 Å². The normalized spacial score (nSPS) is 29.9. The summed E-state index contributed by atoms with van der Waals surface area (Å²) in [6, 6.07) is 0. The van der Waals surface area contributed by atoms with Gasteiger partial charge in [0.2, 0.25) is 0 Å². The second kappa shape index (κ2) is 8.44. The Labute approximate surface area is 129 Å². The minimum absolute atomic E-state index is 0.204. The fourth-order valence-corrected chi connectivity index (χ4v) is 3.60. The van der Waals surface area contributed by atoms with Crippen molar-refractivity contribution >= 4 is 0 Å². The second-order valence-electron chi connectivity index (χ2n) is 6.53. The van der Waals surface area contributed by atoms with Gasteiger partial charge in [-0.15, -0.1) is 0 Å². The van der Waals surface area contributed by atoms with Gasteiger partial charge in [-0.25, -0.2) is 0 Å². The molecule has 0 aromatic rings. The molecule has 2 saturated heterocycles. The lowest BCUT2D eigenvalue weighted by atomic mass is 9.79. The van der Waals surface area contributed by atoms with Gasteiger partial charge in [-0.3, -0.25) is 4.90 Å². The highest BCUT2D eigenvalue weighted by Gasteiger charge is 2.39. The zero-order chi connectivity index (χ0) is 15.1. The molecule has 2 aliphatic heterocycles. The lowest BCUT2D eigenvalue weighted by molar-refractivity contribution is -0.00461. The average Bonchev–Trinajstić information content (AvgIpc) is 2.90.